The molecular formula is C12H21N3O. The molecule has 2 unspecified atom stereocenters. The van der Waals surface area contributed by atoms with Crippen LogP contribution in [0.25, 0.3) is 0 Å². The van der Waals surface area contributed by atoms with E-state index in [1.54, 1.807) is 0 Å². The lowest BCUT2D eigenvalue weighted by Crippen LogP contribution is -2.49. The molecule has 0 radical (unpaired) electrons. The summed E-state index contributed by atoms with van der Waals surface area (Å²) in [6.45, 7) is 5.24. The van der Waals surface area contributed by atoms with Gasteiger partial charge in [-0.25, -0.2) is 0 Å². The quantitative estimate of drug-likeness (QED) is 0.746. The van der Waals surface area contributed by atoms with Crippen LogP contribution in [0, 0.1) is 0 Å². The molecule has 4 nitrogen and oxygen atoms in total. The van der Waals surface area contributed by atoms with Gasteiger partial charge in [0.25, 0.3) is 0 Å². The van der Waals surface area contributed by atoms with Gasteiger partial charge in [-0.3, -0.25) is 9.89 Å². The second-order valence-electron chi connectivity index (χ2n) is 5.06. The molecule has 0 aromatic rings. The summed E-state index contributed by atoms with van der Waals surface area (Å²) in [7, 11) is 0. The smallest absolute Gasteiger partial charge is 0.0964 e. The number of nitrogens with one attached hydrogen (secondary N) is 1. The molecule has 0 aromatic heterocycles. The van der Waals surface area contributed by atoms with Gasteiger partial charge in [-0.15, -0.1) is 0 Å². The fourth-order valence-corrected chi connectivity index (χ4v) is 2.92. The fraction of sp³-hybridized carbons (Fsp3) is 0.917. The molecular weight excluding hydrogens is 202 g/mol. The number of fused-ring (bicyclic) bond motifs is 1. The van der Waals surface area contributed by atoms with Crippen molar-refractivity contribution < 1.29 is 4.74 Å². The highest BCUT2D eigenvalue weighted by Gasteiger charge is 2.32. The van der Waals surface area contributed by atoms with Crippen LogP contribution in [0.4, 0.5) is 0 Å². The van der Waals surface area contributed by atoms with E-state index in [-0.39, 0.29) is 0 Å². The number of hydrogen-bond acceptors (Lipinski definition) is 4. The Bertz CT molecular complexity index is 279. The molecule has 0 saturated carbocycles. The molecule has 3 aliphatic heterocycles. The first-order chi connectivity index (χ1) is 7.92. The summed E-state index contributed by atoms with van der Waals surface area (Å²) in [4.78, 5) is 7.01. The van der Waals surface area contributed by atoms with E-state index < -0.39 is 0 Å². The van der Waals surface area contributed by atoms with Crippen molar-refractivity contribution in [2.45, 2.75) is 37.8 Å². The number of morpholine rings is 1. The second-order valence-corrected chi connectivity index (χ2v) is 5.06. The third kappa shape index (κ3) is 2.23. The molecule has 2 saturated heterocycles. The minimum Gasteiger partial charge on any atom is -0.373 e. The Hall–Kier alpha value is -0.610. The molecule has 2 fully saturated rings. The van der Waals surface area contributed by atoms with Crippen LogP contribution >= 0.6 is 0 Å². The Kier molecular flexibility index (Phi) is 3.11. The molecule has 3 rings (SSSR count). The number of nitrogens with zero attached hydrogens (tertiary/aromatic N) is 2. The van der Waals surface area contributed by atoms with Crippen LogP contribution in [-0.2, 0) is 4.74 Å². The molecule has 4 heteroatoms. The van der Waals surface area contributed by atoms with Crippen molar-refractivity contribution >= 4 is 5.84 Å². The third-order valence-corrected chi connectivity index (χ3v) is 3.87. The van der Waals surface area contributed by atoms with Crippen LogP contribution in [0.3, 0.4) is 0 Å². The van der Waals surface area contributed by atoms with Crippen molar-refractivity contribution in [1.82, 2.24) is 10.2 Å². The van der Waals surface area contributed by atoms with Gasteiger partial charge in [0.1, 0.15) is 0 Å². The van der Waals surface area contributed by atoms with E-state index in [0.29, 0.717) is 12.1 Å². The SMILES string of the molecule is C1CN=C(NCC2CN3CCCC3CO2)C1. The maximum Gasteiger partial charge on any atom is 0.0964 e. The van der Waals surface area contributed by atoms with Gasteiger partial charge >= 0.3 is 0 Å². The predicted molar refractivity (Wildman–Crippen MR) is 63.9 cm³/mol. The summed E-state index contributed by atoms with van der Waals surface area (Å²) < 4.78 is 5.89. The lowest BCUT2D eigenvalue weighted by atomic mass is 10.2. The predicted octanol–water partition coefficient (Wildman–Crippen LogP) is 0.631. The van der Waals surface area contributed by atoms with E-state index in [4.69, 9.17) is 4.74 Å². The average molecular weight is 223 g/mol. The first-order valence-corrected chi connectivity index (χ1v) is 6.54. The van der Waals surface area contributed by atoms with Gasteiger partial charge in [0.2, 0.25) is 0 Å². The normalized spacial score (nSPS) is 34.9. The highest BCUT2D eigenvalue weighted by atomic mass is 16.5. The minimum absolute atomic E-state index is 0.359. The molecule has 0 amide bonds. The highest BCUT2D eigenvalue weighted by molar-refractivity contribution is 5.83. The van der Waals surface area contributed by atoms with E-state index in [9.17, 15) is 0 Å². The standard InChI is InChI=1S/C12H21N3O/c1-4-12(13-5-1)14-7-11-8-15-6-2-3-10(15)9-16-11/h10-11H,1-9H2,(H,13,14). The topological polar surface area (TPSA) is 36.9 Å². The van der Waals surface area contributed by atoms with Crippen molar-refractivity contribution in [3.8, 4) is 0 Å². The molecule has 3 heterocycles. The van der Waals surface area contributed by atoms with E-state index in [0.717, 1.165) is 32.7 Å². The van der Waals surface area contributed by atoms with Crippen molar-refractivity contribution in [1.29, 1.82) is 0 Å². The summed E-state index contributed by atoms with van der Waals surface area (Å²) in [5, 5.41) is 3.43. The highest BCUT2D eigenvalue weighted by Crippen LogP contribution is 2.22. The minimum atomic E-state index is 0.359. The van der Waals surface area contributed by atoms with Gasteiger partial charge in [-0.2, -0.15) is 0 Å². The number of rotatable bonds is 2. The summed E-state index contributed by atoms with van der Waals surface area (Å²) in [6.07, 6.45) is 5.37. The van der Waals surface area contributed by atoms with Gasteiger partial charge < -0.3 is 10.1 Å². The monoisotopic (exact) mass is 223 g/mol. The third-order valence-electron chi connectivity index (χ3n) is 3.87. The summed E-state index contributed by atoms with van der Waals surface area (Å²) in [5.74, 6) is 1.19. The summed E-state index contributed by atoms with van der Waals surface area (Å²) in [6, 6.07) is 0.708. The van der Waals surface area contributed by atoms with E-state index in [1.165, 1.54) is 31.6 Å². The van der Waals surface area contributed by atoms with Crippen LogP contribution in [-0.4, -0.2) is 55.7 Å². The molecule has 3 aliphatic rings. The van der Waals surface area contributed by atoms with Gasteiger partial charge in [0.15, 0.2) is 0 Å². The number of hydrogen-bond donors (Lipinski definition) is 1. The first kappa shape index (κ1) is 10.5. The lowest BCUT2D eigenvalue weighted by molar-refractivity contribution is -0.0452. The molecule has 0 bridgehead atoms. The number of amidine groups is 1. The number of ether oxygens (including phenoxy) is 1. The molecule has 0 aliphatic carbocycles. The zero-order valence-corrected chi connectivity index (χ0v) is 9.82. The molecule has 16 heavy (non-hydrogen) atoms. The zero-order chi connectivity index (χ0) is 10.8. The van der Waals surface area contributed by atoms with Gasteiger partial charge in [-0.1, -0.05) is 0 Å². The first-order valence-electron chi connectivity index (χ1n) is 6.54. The van der Waals surface area contributed by atoms with Crippen molar-refractivity contribution in [3.05, 3.63) is 0 Å². The van der Waals surface area contributed by atoms with Crippen molar-refractivity contribution in [2.24, 2.45) is 4.99 Å². The zero-order valence-electron chi connectivity index (χ0n) is 9.82. The lowest BCUT2D eigenvalue weighted by Gasteiger charge is -2.35. The Balaban J connectivity index is 1.45. The fourth-order valence-electron chi connectivity index (χ4n) is 2.92. The van der Waals surface area contributed by atoms with Gasteiger partial charge in [-0.05, 0) is 25.8 Å². The Labute approximate surface area is 97.1 Å². The van der Waals surface area contributed by atoms with Crippen LogP contribution in [0.1, 0.15) is 25.7 Å². The van der Waals surface area contributed by atoms with E-state index >= 15 is 0 Å². The molecule has 1 N–H and O–H groups in total. The molecule has 0 aromatic carbocycles. The van der Waals surface area contributed by atoms with Crippen LogP contribution < -0.4 is 5.32 Å². The largest absolute Gasteiger partial charge is 0.373 e. The van der Waals surface area contributed by atoms with Gasteiger partial charge in [0, 0.05) is 32.1 Å². The number of aliphatic imine (C=N–C) groups is 1. The van der Waals surface area contributed by atoms with Crippen LogP contribution in [0.2, 0.25) is 0 Å². The molecule has 90 valence electrons. The summed E-state index contributed by atoms with van der Waals surface area (Å²) in [5.41, 5.74) is 0. The van der Waals surface area contributed by atoms with Crippen LogP contribution in [0.5, 0.6) is 0 Å². The Morgan fingerprint density at radius 2 is 2.44 bits per heavy atom. The maximum absolute atomic E-state index is 5.89. The van der Waals surface area contributed by atoms with E-state index in [2.05, 4.69) is 15.2 Å². The van der Waals surface area contributed by atoms with E-state index in [1.807, 2.05) is 0 Å². The maximum atomic E-state index is 5.89. The Morgan fingerprint density at radius 3 is 3.31 bits per heavy atom. The van der Waals surface area contributed by atoms with Crippen LogP contribution in [0.15, 0.2) is 4.99 Å². The second kappa shape index (κ2) is 4.72. The summed E-state index contributed by atoms with van der Waals surface area (Å²) >= 11 is 0. The Morgan fingerprint density at radius 1 is 1.44 bits per heavy atom. The average Bonchev–Trinajstić information content (AvgIpc) is 2.97. The van der Waals surface area contributed by atoms with Crippen molar-refractivity contribution in [3.63, 3.8) is 0 Å². The van der Waals surface area contributed by atoms with Crippen molar-refractivity contribution in [2.75, 3.05) is 32.8 Å². The molecule has 0 spiro atoms. The molecule has 2 atom stereocenters. The van der Waals surface area contributed by atoms with Gasteiger partial charge in [0.05, 0.1) is 18.5 Å².